The van der Waals surface area contributed by atoms with Crippen LogP contribution in [0.4, 0.5) is 5.69 Å². The summed E-state index contributed by atoms with van der Waals surface area (Å²) < 4.78 is 0.944. The molecule has 1 nitrogen and oxygen atoms in total. The van der Waals surface area contributed by atoms with Crippen molar-refractivity contribution >= 4 is 33.2 Å². The molecule has 0 spiro atoms. The molecule has 3 heteroatoms. The maximum Gasteiger partial charge on any atom is 0.0568 e. The summed E-state index contributed by atoms with van der Waals surface area (Å²) in [5.41, 5.74) is 1.10. The Labute approximate surface area is 118 Å². The lowest BCUT2D eigenvalue weighted by Crippen LogP contribution is -2.21. The van der Waals surface area contributed by atoms with E-state index in [1.54, 1.807) is 0 Å². The summed E-state index contributed by atoms with van der Waals surface area (Å²) in [5, 5.41) is 4.31. The van der Waals surface area contributed by atoms with Crippen molar-refractivity contribution in [1.29, 1.82) is 0 Å². The smallest absolute Gasteiger partial charge is 0.0568 e. The maximum atomic E-state index is 6.09. The van der Waals surface area contributed by atoms with E-state index in [2.05, 4.69) is 48.1 Å². The van der Waals surface area contributed by atoms with Gasteiger partial charge in [-0.25, -0.2) is 0 Å². The third kappa shape index (κ3) is 4.89. The predicted molar refractivity (Wildman–Crippen MR) is 80.9 cm³/mol. The number of benzene rings is 1. The summed E-state index contributed by atoms with van der Waals surface area (Å²) in [6.45, 7) is 6.77. The Kier molecular flexibility index (Phi) is 6.35. The van der Waals surface area contributed by atoms with Crippen LogP contribution in [0.2, 0.25) is 5.02 Å². The first-order chi connectivity index (χ1) is 8.06. The standard InChI is InChI=1S/C14H21BrClN/c1-4-10(3)8-11(5-2)17-12-6-7-13(15)14(16)9-12/h6-7,9-11,17H,4-5,8H2,1-3H3. The fourth-order valence-electron chi connectivity index (χ4n) is 1.80. The molecule has 1 N–H and O–H groups in total. The Morgan fingerprint density at radius 2 is 2.00 bits per heavy atom. The Hall–Kier alpha value is -0.210. The van der Waals surface area contributed by atoms with Gasteiger partial charge in [-0.15, -0.1) is 0 Å². The number of rotatable bonds is 6. The average molecular weight is 319 g/mol. The molecular weight excluding hydrogens is 298 g/mol. The number of anilines is 1. The van der Waals surface area contributed by atoms with Crippen LogP contribution in [0.5, 0.6) is 0 Å². The van der Waals surface area contributed by atoms with Crippen molar-refractivity contribution in [2.24, 2.45) is 5.92 Å². The highest BCUT2D eigenvalue weighted by Crippen LogP contribution is 2.26. The van der Waals surface area contributed by atoms with E-state index in [-0.39, 0.29) is 0 Å². The fraction of sp³-hybridized carbons (Fsp3) is 0.571. The number of nitrogens with one attached hydrogen (secondary N) is 1. The zero-order valence-electron chi connectivity index (χ0n) is 10.8. The SMILES string of the molecule is CCC(C)CC(CC)Nc1ccc(Br)c(Cl)c1. The van der Waals surface area contributed by atoms with Crippen molar-refractivity contribution in [3.8, 4) is 0 Å². The molecule has 0 saturated heterocycles. The summed E-state index contributed by atoms with van der Waals surface area (Å²) in [6.07, 6.45) is 3.58. The molecule has 1 aromatic rings. The Morgan fingerprint density at radius 1 is 1.29 bits per heavy atom. The predicted octanol–water partition coefficient (Wildman–Crippen LogP) is 5.73. The zero-order chi connectivity index (χ0) is 12.8. The Morgan fingerprint density at radius 3 is 2.53 bits per heavy atom. The largest absolute Gasteiger partial charge is 0.382 e. The van der Waals surface area contributed by atoms with Crippen molar-refractivity contribution in [2.75, 3.05) is 5.32 Å². The van der Waals surface area contributed by atoms with Crippen LogP contribution in [-0.2, 0) is 0 Å². The lowest BCUT2D eigenvalue weighted by Gasteiger charge is -2.21. The second-order valence-electron chi connectivity index (χ2n) is 4.63. The molecule has 0 aliphatic heterocycles. The highest BCUT2D eigenvalue weighted by atomic mass is 79.9. The minimum atomic E-state index is 0.530. The van der Waals surface area contributed by atoms with Gasteiger partial charge >= 0.3 is 0 Å². The molecule has 0 aromatic heterocycles. The average Bonchev–Trinajstić information content (AvgIpc) is 2.32. The van der Waals surface area contributed by atoms with E-state index in [0.717, 1.165) is 27.5 Å². The van der Waals surface area contributed by atoms with E-state index in [1.165, 1.54) is 12.8 Å². The number of hydrogen-bond acceptors (Lipinski definition) is 1. The van der Waals surface area contributed by atoms with Gasteiger partial charge in [-0.3, -0.25) is 0 Å². The summed E-state index contributed by atoms with van der Waals surface area (Å²) in [4.78, 5) is 0. The summed E-state index contributed by atoms with van der Waals surface area (Å²) >= 11 is 9.49. The number of hydrogen-bond donors (Lipinski definition) is 1. The van der Waals surface area contributed by atoms with Gasteiger partial charge in [-0.2, -0.15) is 0 Å². The van der Waals surface area contributed by atoms with E-state index in [4.69, 9.17) is 11.6 Å². The van der Waals surface area contributed by atoms with Gasteiger partial charge in [0.25, 0.3) is 0 Å². The van der Waals surface area contributed by atoms with E-state index in [9.17, 15) is 0 Å². The van der Waals surface area contributed by atoms with Crippen molar-refractivity contribution < 1.29 is 0 Å². The minimum Gasteiger partial charge on any atom is -0.382 e. The van der Waals surface area contributed by atoms with Crippen LogP contribution in [0, 0.1) is 5.92 Å². The van der Waals surface area contributed by atoms with E-state index in [0.29, 0.717) is 6.04 Å². The minimum absolute atomic E-state index is 0.530. The normalized spacial score (nSPS) is 14.4. The van der Waals surface area contributed by atoms with Crippen LogP contribution in [0.3, 0.4) is 0 Å². The maximum absolute atomic E-state index is 6.09. The second kappa shape index (κ2) is 7.27. The first kappa shape index (κ1) is 14.8. The first-order valence-corrected chi connectivity index (χ1v) is 7.45. The van der Waals surface area contributed by atoms with Crippen LogP contribution in [0.15, 0.2) is 22.7 Å². The van der Waals surface area contributed by atoms with Crippen LogP contribution in [0.25, 0.3) is 0 Å². The second-order valence-corrected chi connectivity index (χ2v) is 5.89. The molecule has 96 valence electrons. The molecule has 1 aromatic carbocycles. The molecule has 2 atom stereocenters. The van der Waals surface area contributed by atoms with E-state index in [1.807, 2.05) is 12.1 Å². The molecule has 0 aliphatic carbocycles. The van der Waals surface area contributed by atoms with Crippen molar-refractivity contribution in [2.45, 2.75) is 46.1 Å². The third-order valence-corrected chi connectivity index (χ3v) is 4.40. The molecule has 0 saturated carbocycles. The molecule has 0 amide bonds. The molecule has 0 radical (unpaired) electrons. The summed E-state index contributed by atoms with van der Waals surface area (Å²) in [5.74, 6) is 0.762. The van der Waals surface area contributed by atoms with E-state index >= 15 is 0 Å². The topological polar surface area (TPSA) is 12.0 Å². The Balaban J connectivity index is 2.63. The van der Waals surface area contributed by atoms with Crippen LogP contribution >= 0.6 is 27.5 Å². The monoisotopic (exact) mass is 317 g/mol. The first-order valence-electron chi connectivity index (χ1n) is 6.28. The number of halogens is 2. The molecule has 0 aliphatic rings. The molecule has 0 fully saturated rings. The lowest BCUT2D eigenvalue weighted by atomic mass is 9.97. The van der Waals surface area contributed by atoms with Gasteiger partial charge in [0.15, 0.2) is 0 Å². The van der Waals surface area contributed by atoms with Crippen LogP contribution < -0.4 is 5.32 Å². The fourth-order valence-corrected chi connectivity index (χ4v) is 2.23. The van der Waals surface area contributed by atoms with Gasteiger partial charge in [0.2, 0.25) is 0 Å². The van der Waals surface area contributed by atoms with Crippen molar-refractivity contribution in [3.63, 3.8) is 0 Å². The molecule has 17 heavy (non-hydrogen) atoms. The van der Waals surface area contributed by atoms with Gasteiger partial charge in [0.05, 0.1) is 5.02 Å². The molecule has 0 bridgehead atoms. The third-order valence-electron chi connectivity index (χ3n) is 3.17. The van der Waals surface area contributed by atoms with Gasteiger partial charge < -0.3 is 5.32 Å². The quantitative estimate of drug-likeness (QED) is 0.706. The zero-order valence-corrected chi connectivity index (χ0v) is 13.1. The molecular formula is C14H21BrClN. The molecule has 1 rings (SSSR count). The molecule has 2 unspecified atom stereocenters. The van der Waals surface area contributed by atoms with Crippen LogP contribution in [0.1, 0.15) is 40.0 Å². The summed E-state index contributed by atoms with van der Waals surface area (Å²) in [7, 11) is 0. The van der Waals surface area contributed by atoms with Gasteiger partial charge in [0.1, 0.15) is 0 Å². The Bertz CT molecular complexity index is 354. The van der Waals surface area contributed by atoms with Gasteiger partial charge in [-0.1, -0.05) is 38.8 Å². The van der Waals surface area contributed by atoms with Gasteiger partial charge in [0, 0.05) is 16.2 Å². The van der Waals surface area contributed by atoms with Crippen molar-refractivity contribution in [3.05, 3.63) is 27.7 Å². The highest BCUT2D eigenvalue weighted by Gasteiger charge is 2.10. The lowest BCUT2D eigenvalue weighted by molar-refractivity contribution is 0.462. The molecule has 0 heterocycles. The van der Waals surface area contributed by atoms with Crippen LogP contribution in [-0.4, -0.2) is 6.04 Å². The van der Waals surface area contributed by atoms with Crippen molar-refractivity contribution in [1.82, 2.24) is 0 Å². The highest BCUT2D eigenvalue weighted by molar-refractivity contribution is 9.10. The van der Waals surface area contributed by atoms with Gasteiger partial charge in [-0.05, 0) is 52.9 Å². The summed E-state index contributed by atoms with van der Waals surface area (Å²) in [6, 6.07) is 6.56. The van der Waals surface area contributed by atoms with E-state index < -0.39 is 0 Å².